The second-order valence-electron chi connectivity index (χ2n) is 4.82. The second kappa shape index (κ2) is 2.64. The molecule has 2 rings (SSSR count). The van der Waals surface area contributed by atoms with Gasteiger partial charge in [0.1, 0.15) is 0 Å². The normalized spacial score (nSPS) is 27.6. The fourth-order valence-corrected chi connectivity index (χ4v) is 2.19. The van der Waals surface area contributed by atoms with Crippen molar-refractivity contribution in [2.45, 2.75) is 49.7 Å². The first-order valence-electron chi connectivity index (χ1n) is 4.85. The van der Waals surface area contributed by atoms with Crippen LogP contribution in [-0.4, -0.2) is 17.6 Å². The zero-order chi connectivity index (χ0) is 11.5. The van der Waals surface area contributed by atoms with Gasteiger partial charge in [0, 0.05) is 12.0 Å². The molecule has 15 heavy (non-hydrogen) atoms. The molecule has 0 aromatic carbocycles. The van der Waals surface area contributed by atoms with E-state index in [1.165, 1.54) is 0 Å². The summed E-state index contributed by atoms with van der Waals surface area (Å²) in [5.41, 5.74) is 4.04. The van der Waals surface area contributed by atoms with E-state index < -0.39 is 29.5 Å². The molecule has 2 aliphatic rings. The van der Waals surface area contributed by atoms with Gasteiger partial charge in [-0.2, -0.15) is 22.0 Å². The predicted molar refractivity (Wildman–Crippen MR) is 43.4 cm³/mol. The highest BCUT2D eigenvalue weighted by Crippen LogP contribution is 2.67. The van der Waals surface area contributed by atoms with Crippen LogP contribution >= 0.6 is 0 Å². The average Bonchev–Trinajstić information content (AvgIpc) is 2.86. The Morgan fingerprint density at radius 3 is 1.67 bits per heavy atom. The standard InChI is InChI=1S/C9H12F5N/c10-8(11,9(12,13)14)5-6(1-2-6)7(15)3-4-7/h1-5,15H2. The van der Waals surface area contributed by atoms with Crippen molar-refractivity contribution in [3.63, 3.8) is 0 Å². The van der Waals surface area contributed by atoms with E-state index in [-0.39, 0.29) is 0 Å². The minimum absolute atomic E-state index is 0.398. The van der Waals surface area contributed by atoms with E-state index in [0.717, 1.165) is 0 Å². The van der Waals surface area contributed by atoms with Gasteiger partial charge in [-0.1, -0.05) is 0 Å². The van der Waals surface area contributed by atoms with Crippen LogP contribution in [0.1, 0.15) is 32.1 Å². The molecule has 2 N–H and O–H groups in total. The lowest BCUT2D eigenvalue weighted by Gasteiger charge is -2.28. The topological polar surface area (TPSA) is 26.0 Å². The van der Waals surface area contributed by atoms with Crippen molar-refractivity contribution in [2.75, 3.05) is 0 Å². The van der Waals surface area contributed by atoms with Gasteiger partial charge in [-0.25, -0.2) is 0 Å². The van der Waals surface area contributed by atoms with Crippen LogP contribution in [0, 0.1) is 5.41 Å². The first-order valence-corrected chi connectivity index (χ1v) is 4.85. The van der Waals surface area contributed by atoms with E-state index in [1.54, 1.807) is 0 Å². The fraction of sp³-hybridized carbons (Fsp3) is 1.00. The summed E-state index contributed by atoms with van der Waals surface area (Å²) >= 11 is 0. The van der Waals surface area contributed by atoms with Crippen LogP contribution in [0.4, 0.5) is 22.0 Å². The van der Waals surface area contributed by atoms with Crippen molar-refractivity contribution < 1.29 is 22.0 Å². The van der Waals surface area contributed by atoms with Crippen LogP contribution in [0.2, 0.25) is 0 Å². The van der Waals surface area contributed by atoms with Crippen LogP contribution in [0.3, 0.4) is 0 Å². The van der Waals surface area contributed by atoms with Crippen LogP contribution in [0.15, 0.2) is 0 Å². The summed E-state index contributed by atoms with van der Waals surface area (Å²) in [5, 5.41) is 0. The van der Waals surface area contributed by atoms with Gasteiger partial charge in [0.05, 0.1) is 0 Å². The maximum Gasteiger partial charge on any atom is 0.453 e. The smallest absolute Gasteiger partial charge is 0.325 e. The number of alkyl halides is 5. The van der Waals surface area contributed by atoms with Crippen molar-refractivity contribution in [3.05, 3.63) is 0 Å². The second-order valence-corrected chi connectivity index (χ2v) is 4.82. The Morgan fingerprint density at radius 1 is 0.933 bits per heavy atom. The van der Waals surface area contributed by atoms with Crippen molar-refractivity contribution >= 4 is 0 Å². The molecule has 2 fully saturated rings. The van der Waals surface area contributed by atoms with Gasteiger partial charge >= 0.3 is 12.1 Å². The molecule has 0 radical (unpaired) electrons. The average molecular weight is 229 g/mol. The Kier molecular flexibility index (Phi) is 1.96. The van der Waals surface area contributed by atoms with Gasteiger partial charge in [-0.05, 0) is 31.1 Å². The summed E-state index contributed by atoms with van der Waals surface area (Å²) in [4.78, 5) is 0. The van der Waals surface area contributed by atoms with Crippen molar-refractivity contribution in [1.29, 1.82) is 0 Å². The van der Waals surface area contributed by atoms with E-state index in [2.05, 4.69) is 0 Å². The maximum atomic E-state index is 12.8. The monoisotopic (exact) mass is 229 g/mol. The van der Waals surface area contributed by atoms with Gasteiger partial charge in [0.25, 0.3) is 0 Å². The molecular weight excluding hydrogens is 217 g/mol. The third-order valence-corrected chi connectivity index (χ3v) is 3.67. The van der Waals surface area contributed by atoms with E-state index in [0.29, 0.717) is 25.7 Å². The molecular formula is C9H12F5N. The SMILES string of the molecule is NC1(C2(CC(F)(F)C(F)(F)F)CC2)CC1. The molecule has 2 aliphatic carbocycles. The van der Waals surface area contributed by atoms with Crippen LogP contribution in [-0.2, 0) is 0 Å². The summed E-state index contributed by atoms with van der Waals surface area (Å²) in [6, 6.07) is 0. The number of hydrogen-bond acceptors (Lipinski definition) is 1. The van der Waals surface area contributed by atoms with Gasteiger partial charge in [0.2, 0.25) is 0 Å². The minimum Gasteiger partial charge on any atom is -0.325 e. The van der Waals surface area contributed by atoms with Gasteiger partial charge in [-0.15, -0.1) is 0 Å². The third kappa shape index (κ3) is 1.62. The lowest BCUT2D eigenvalue weighted by Crippen LogP contribution is -2.44. The molecule has 0 amide bonds. The van der Waals surface area contributed by atoms with E-state index >= 15 is 0 Å². The van der Waals surface area contributed by atoms with Gasteiger partial charge in [-0.3, -0.25) is 0 Å². The zero-order valence-corrected chi connectivity index (χ0v) is 8.00. The van der Waals surface area contributed by atoms with Crippen molar-refractivity contribution in [3.8, 4) is 0 Å². The largest absolute Gasteiger partial charge is 0.453 e. The summed E-state index contributed by atoms with van der Waals surface area (Å²) in [6.45, 7) is 0. The van der Waals surface area contributed by atoms with Crippen LogP contribution < -0.4 is 5.73 Å². The van der Waals surface area contributed by atoms with Crippen LogP contribution in [0.25, 0.3) is 0 Å². The summed E-state index contributed by atoms with van der Waals surface area (Å²) in [7, 11) is 0. The molecule has 0 bridgehead atoms. The number of halogens is 5. The molecule has 0 heterocycles. The molecule has 6 heteroatoms. The predicted octanol–water partition coefficient (Wildman–Crippen LogP) is 2.85. The van der Waals surface area contributed by atoms with E-state index in [1.807, 2.05) is 0 Å². The molecule has 0 aromatic rings. The quantitative estimate of drug-likeness (QED) is 0.740. The first kappa shape index (κ1) is 11.1. The molecule has 0 unspecified atom stereocenters. The maximum absolute atomic E-state index is 12.8. The lowest BCUT2D eigenvalue weighted by atomic mass is 9.87. The first-order chi connectivity index (χ1) is 6.62. The highest BCUT2D eigenvalue weighted by molar-refractivity contribution is 5.20. The Balaban J connectivity index is 2.09. The molecule has 0 saturated heterocycles. The molecule has 88 valence electrons. The molecule has 0 aliphatic heterocycles. The third-order valence-electron chi connectivity index (χ3n) is 3.67. The Hall–Kier alpha value is -0.390. The fourth-order valence-electron chi connectivity index (χ4n) is 2.19. The van der Waals surface area contributed by atoms with E-state index in [9.17, 15) is 22.0 Å². The molecule has 1 nitrogen and oxygen atoms in total. The molecule has 0 aromatic heterocycles. The van der Waals surface area contributed by atoms with Crippen molar-refractivity contribution in [1.82, 2.24) is 0 Å². The Labute approximate surface area is 83.8 Å². The lowest BCUT2D eigenvalue weighted by molar-refractivity contribution is -0.290. The highest BCUT2D eigenvalue weighted by atomic mass is 19.4. The molecule has 2 saturated carbocycles. The molecule has 0 spiro atoms. The van der Waals surface area contributed by atoms with Crippen molar-refractivity contribution in [2.24, 2.45) is 11.1 Å². The summed E-state index contributed by atoms with van der Waals surface area (Å²) in [6.07, 6.45) is -4.65. The van der Waals surface area contributed by atoms with Gasteiger partial charge in [0.15, 0.2) is 0 Å². The number of hydrogen-bond donors (Lipinski definition) is 1. The zero-order valence-electron chi connectivity index (χ0n) is 8.00. The summed E-state index contributed by atoms with van der Waals surface area (Å²) < 4.78 is 61.7. The Bertz CT molecular complexity index is 269. The molecule has 0 atom stereocenters. The number of nitrogens with two attached hydrogens (primary N) is 1. The highest BCUT2D eigenvalue weighted by Gasteiger charge is 2.70. The van der Waals surface area contributed by atoms with Gasteiger partial charge < -0.3 is 5.73 Å². The summed E-state index contributed by atoms with van der Waals surface area (Å²) in [5.74, 6) is -4.60. The Morgan fingerprint density at radius 2 is 1.40 bits per heavy atom. The minimum atomic E-state index is -5.45. The van der Waals surface area contributed by atoms with E-state index in [4.69, 9.17) is 5.73 Å². The van der Waals surface area contributed by atoms with Crippen LogP contribution in [0.5, 0.6) is 0 Å². The number of rotatable bonds is 3.